The molecule has 0 fully saturated rings. The molecule has 5 nitrogen and oxygen atoms in total. The summed E-state index contributed by atoms with van der Waals surface area (Å²) in [5, 5.41) is 9.09. The minimum atomic E-state index is -4.65. The number of aromatic nitrogens is 1. The molecule has 0 bridgehead atoms. The zero-order valence-electron chi connectivity index (χ0n) is 13.8. The number of anilines is 1. The van der Waals surface area contributed by atoms with Gasteiger partial charge in [0.25, 0.3) is 0 Å². The van der Waals surface area contributed by atoms with Gasteiger partial charge in [-0.1, -0.05) is 19.9 Å². The van der Waals surface area contributed by atoms with Crippen molar-refractivity contribution >= 4 is 11.7 Å². The zero-order chi connectivity index (χ0) is 18.9. The largest absolute Gasteiger partial charge is 0.464 e. The fourth-order valence-electron chi connectivity index (χ4n) is 2.45. The maximum Gasteiger partial charge on any atom is 0.418 e. The molecule has 1 aromatic carbocycles. The Hall–Kier alpha value is -2.95. The summed E-state index contributed by atoms with van der Waals surface area (Å²) < 4.78 is 46.2. The number of hydrogen-bond donors (Lipinski definition) is 1. The van der Waals surface area contributed by atoms with Crippen molar-refractivity contribution in [3.8, 4) is 11.8 Å². The van der Waals surface area contributed by atoms with Crippen LogP contribution in [0, 0.1) is 11.3 Å². The Morgan fingerprint density at radius 3 is 2.48 bits per heavy atom. The van der Waals surface area contributed by atoms with Crippen molar-refractivity contribution in [3.05, 3.63) is 46.8 Å². The molecule has 0 saturated carbocycles. The molecule has 0 aliphatic heterocycles. The SMILES string of the molecule is COC(=O)c1c(N)c(C#N)cn1-c1ccc(C(C)C)cc1C(F)(F)F. The summed E-state index contributed by atoms with van der Waals surface area (Å²) in [6.45, 7) is 3.55. The van der Waals surface area contributed by atoms with Crippen molar-refractivity contribution in [2.75, 3.05) is 12.8 Å². The fourth-order valence-corrected chi connectivity index (χ4v) is 2.45. The molecular formula is C17H16F3N3O2. The van der Waals surface area contributed by atoms with Crippen LogP contribution in [0.25, 0.3) is 5.69 Å². The van der Waals surface area contributed by atoms with Gasteiger partial charge in [-0.3, -0.25) is 0 Å². The third-order valence-corrected chi connectivity index (χ3v) is 3.80. The molecule has 0 spiro atoms. The average Bonchev–Trinajstić information content (AvgIpc) is 2.89. The molecule has 0 unspecified atom stereocenters. The molecule has 8 heteroatoms. The molecule has 2 aromatic rings. The lowest BCUT2D eigenvalue weighted by Gasteiger charge is -2.18. The van der Waals surface area contributed by atoms with Crippen LogP contribution in [0.3, 0.4) is 0 Å². The fraction of sp³-hybridized carbons (Fsp3) is 0.294. The Morgan fingerprint density at radius 1 is 1.36 bits per heavy atom. The standard InChI is InChI=1S/C17H16F3N3O2/c1-9(2)10-4-5-13(12(6-10)17(18,19)20)23-8-11(7-21)14(22)15(23)16(24)25-3/h4-6,8-9H,22H2,1-3H3. The molecule has 0 aliphatic carbocycles. The molecule has 0 radical (unpaired) electrons. The van der Waals surface area contributed by atoms with Crippen molar-refractivity contribution in [1.82, 2.24) is 4.57 Å². The van der Waals surface area contributed by atoms with E-state index in [0.717, 1.165) is 23.9 Å². The van der Waals surface area contributed by atoms with Crippen LogP contribution in [0.5, 0.6) is 0 Å². The van der Waals surface area contributed by atoms with Gasteiger partial charge in [0.05, 0.1) is 29.6 Å². The van der Waals surface area contributed by atoms with Crippen molar-refractivity contribution in [2.24, 2.45) is 0 Å². The first-order valence-electron chi connectivity index (χ1n) is 7.32. The van der Waals surface area contributed by atoms with Gasteiger partial charge in [0.1, 0.15) is 6.07 Å². The highest BCUT2D eigenvalue weighted by molar-refractivity contribution is 5.96. The number of esters is 1. The highest BCUT2D eigenvalue weighted by atomic mass is 19.4. The van der Waals surface area contributed by atoms with Crippen molar-refractivity contribution in [1.29, 1.82) is 5.26 Å². The Balaban J connectivity index is 2.83. The molecule has 0 amide bonds. The highest BCUT2D eigenvalue weighted by Gasteiger charge is 2.36. The van der Waals surface area contributed by atoms with E-state index >= 15 is 0 Å². The first-order chi connectivity index (χ1) is 11.6. The summed E-state index contributed by atoms with van der Waals surface area (Å²) in [6, 6.07) is 5.58. The molecule has 2 rings (SSSR count). The van der Waals surface area contributed by atoms with Crippen LogP contribution >= 0.6 is 0 Å². The lowest BCUT2D eigenvalue weighted by atomic mass is 9.99. The predicted molar refractivity (Wildman–Crippen MR) is 85.3 cm³/mol. The quantitative estimate of drug-likeness (QED) is 0.852. The molecule has 0 saturated heterocycles. The number of carbonyl (C=O) groups is 1. The third kappa shape index (κ3) is 3.31. The first kappa shape index (κ1) is 18.4. The molecule has 132 valence electrons. The van der Waals surface area contributed by atoms with Crippen LogP contribution < -0.4 is 5.73 Å². The normalized spacial score (nSPS) is 11.4. The number of nitrogens with zero attached hydrogens (tertiary/aromatic N) is 2. The monoisotopic (exact) mass is 351 g/mol. The van der Waals surface area contributed by atoms with Crippen LogP contribution in [0.2, 0.25) is 0 Å². The maximum atomic E-state index is 13.6. The Labute approximate surface area is 142 Å². The van der Waals surface area contributed by atoms with E-state index in [9.17, 15) is 18.0 Å². The second-order valence-electron chi connectivity index (χ2n) is 5.71. The number of ether oxygens (including phenoxy) is 1. The Kier molecular flexibility index (Phi) is 4.79. The number of halogens is 3. The van der Waals surface area contributed by atoms with E-state index in [-0.39, 0.29) is 28.6 Å². The van der Waals surface area contributed by atoms with Gasteiger partial charge in [0.15, 0.2) is 5.69 Å². The van der Waals surface area contributed by atoms with E-state index in [2.05, 4.69) is 4.74 Å². The van der Waals surface area contributed by atoms with Gasteiger partial charge in [-0.05, 0) is 23.6 Å². The minimum absolute atomic E-state index is 0.110. The van der Waals surface area contributed by atoms with Crippen molar-refractivity contribution < 1.29 is 22.7 Å². The summed E-state index contributed by atoms with van der Waals surface area (Å²) >= 11 is 0. The van der Waals surface area contributed by atoms with E-state index in [1.807, 2.05) is 0 Å². The Morgan fingerprint density at radius 2 is 2.00 bits per heavy atom. The first-order valence-corrected chi connectivity index (χ1v) is 7.32. The highest BCUT2D eigenvalue weighted by Crippen LogP contribution is 2.37. The van der Waals surface area contributed by atoms with Crippen molar-refractivity contribution in [3.63, 3.8) is 0 Å². The molecule has 25 heavy (non-hydrogen) atoms. The number of methoxy groups -OCH3 is 1. The number of carbonyl (C=O) groups excluding carboxylic acids is 1. The van der Waals surface area contributed by atoms with Crippen LogP contribution in [0.15, 0.2) is 24.4 Å². The number of rotatable bonds is 3. The van der Waals surface area contributed by atoms with E-state index in [1.165, 1.54) is 6.07 Å². The summed E-state index contributed by atoms with van der Waals surface area (Å²) in [5.41, 5.74) is 4.36. The second-order valence-corrected chi connectivity index (χ2v) is 5.71. The summed E-state index contributed by atoms with van der Waals surface area (Å²) in [7, 11) is 1.08. The molecule has 0 atom stereocenters. The molecule has 0 aliphatic rings. The third-order valence-electron chi connectivity index (χ3n) is 3.80. The van der Waals surface area contributed by atoms with Crippen LogP contribution in [-0.4, -0.2) is 17.6 Å². The number of nitriles is 1. The molecular weight excluding hydrogens is 335 g/mol. The smallest absolute Gasteiger partial charge is 0.418 e. The lowest BCUT2D eigenvalue weighted by molar-refractivity contribution is -0.137. The Bertz CT molecular complexity index is 861. The number of benzene rings is 1. The number of nitrogen functional groups attached to an aromatic ring is 1. The number of hydrogen-bond acceptors (Lipinski definition) is 4. The van der Waals surface area contributed by atoms with E-state index < -0.39 is 17.7 Å². The topological polar surface area (TPSA) is 81.0 Å². The second kappa shape index (κ2) is 6.51. The van der Waals surface area contributed by atoms with Gasteiger partial charge >= 0.3 is 12.1 Å². The zero-order valence-corrected chi connectivity index (χ0v) is 13.8. The number of nitrogens with two attached hydrogens (primary N) is 1. The van der Waals surface area contributed by atoms with Crippen LogP contribution in [0.1, 0.15) is 46.9 Å². The van der Waals surface area contributed by atoms with Gasteiger partial charge < -0.3 is 15.0 Å². The molecule has 2 N–H and O–H groups in total. The van der Waals surface area contributed by atoms with Gasteiger partial charge in [-0.2, -0.15) is 18.4 Å². The molecule has 1 aromatic heterocycles. The van der Waals surface area contributed by atoms with Gasteiger partial charge in [0, 0.05) is 6.20 Å². The summed E-state index contributed by atoms with van der Waals surface area (Å²) in [4.78, 5) is 12.0. The van der Waals surface area contributed by atoms with Crippen LogP contribution in [-0.2, 0) is 10.9 Å². The summed E-state index contributed by atoms with van der Waals surface area (Å²) in [6.07, 6.45) is -3.55. The van der Waals surface area contributed by atoms with Gasteiger partial charge in [-0.25, -0.2) is 4.79 Å². The lowest BCUT2D eigenvalue weighted by Crippen LogP contribution is -2.16. The van der Waals surface area contributed by atoms with E-state index in [1.54, 1.807) is 26.0 Å². The van der Waals surface area contributed by atoms with Gasteiger partial charge in [0.2, 0.25) is 0 Å². The predicted octanol–water partition coefficient (Wildman–Crippen LogP) is 3.86. The number of alkyl halides is 3. The van der Waals surface area contributed by atoms with E-state index in [0.29, 0.717) is 5.56 Å². The summed E-state index contributed by atoms with van der Waals surface area (Å²) in [5.74, 6) is -1.04. The average molecular weight is 351 g/mol. The van der Waals surface area contributed by atoms with E-state index in [4.69, 9.17) is 11.0 Å². The molecule has 1 heterocycles. The van der Waals surface area contributed by atoms with Crippen molar-refractivity contribution in [2.45, 2.75) is 25.9 Å². The van der Waals surface area contributed by atoms with Gasteiger partial charge in [-0.15, -0.1) is 0 Å². The van der Waals surface area contributed by atoms with Crippen LogP contribution in [0.4, 0.5) is 18.9 Å². The maximum absolute atomic E-state index is 13.6. The minimum Gasteiger partial charge on any atom is -0.464 e.